The summed E-state index contributed by atoms with van der Waals surface area (Å²) in [7, 11) is 3.80. The van der Waals surface area contributed by atoms with Crippen LogP contribution in [0.3, 0.4) is 0 Å². The monoisotopic (exact) mass is 326 g/mol. The number of nitrogens with zero attached hydrogens (tertiary/aromatic N) is 4. The first-order valence-corrected chi connectivity index (χ1v) is 8.50. The standard InChI is InChI=1S/C19H26N4O/c1-14-9-16(10-15(2)19(14)24-4)12-22(3)17-11-18(21-13-20-17)23-7-5-6-8-23/h9-11,13H,5-8,12H2,1-4H3. The first kappa shape index (κ1) is 16.6. The summed E-state index contributed by atoms with van der Waals surface area (Å²) < 4.78 is 5.45. The third kappa shape index (κ3) is 3.45. The molecule has 0 saturated carbocycles. The maximum Gasteiger partial charge on any atom is 0.134 e. The number of aromatic nitrogens is 2. The highest BCUT2D eigenvalue weighted by Crippen LogP contribution is 2.26. The van der Waals surface area contributed by atoms with E-state index in [4.69, 9.17) is 4.74 Å². The number of methoxy groups -OCH3 is 1. The molecular weight excluding hydrogens is 300 g/mol. The summed E-state index contributed by atoms with van der Waals surface area (Å²) in [6.07, 6.45) is 4.17. The van der Waals surface area contributed by atoms with Crippen LogP contribution in [0.1, 0.15) is 29.5 Å². The minimum Gasteiger partial charge on any atom is -0.496 e. The second kappa shape index (κ2) is 7.07. The van der Waals surface area contributed by atoms with Crippen molar-refractivity contribution in [2.45, 2.75) is 33.2 Å². The lowest BCUT2D eigenvalue weighted by molar-refractivity contribution is 0.408. The van der Waals surface area contributed by atoms with E-state index in [9.17, 15) is 0 Å². The van der Waals surface area contributed by atoms with Crippen molar-refractivity contribution in [3.63, 3.8) is 0 Å². The summed E-state index contributed by atoms with van der Waals surface area (Å²) in [6, 6.07) is 6.46. The van der Waals surface area contributed by atoms with Crippen LogP contribution in [0.2, 0.25) is 0 Å². The zero-order valence-corrected chi connectivity index (χ0v) is 15.0. The third-order valence-corrected chi connectivity index (χ3v) is 4.60. The Bertz CT molecular complexity index is 687. The number of ether oxygens (including phenoxy) is 1. The Morgan fingerprint density at radius 1 is 1.08 bits per heavy atom. The molecule has 128 valence electrons. The summed E-state index contributed by atoms with van der Waals surface area (Å²) >= 11 is 0. The van der Waals surface area contributed by atoms with Crippen molar-refractivity contribution >= 4 is 11.6 Å². The molecule has 0 amide bonds. The van der Waals surface area contributed by atoms with Crippen LogP contribution in [0.5, 0.6) is 5.75 Å². The fourth-order valence-corrected chi connectivity index (χ4v) is 3.47. The van der Waals surface area contributed by atoms with Crippen molar-refractivity contribution in [1.82, 2.24) is 9.97 Å². The van der Waals surface area contributed by atoms with Gasteiger partial charge < -0.3 is 14.5 Å². The molecule has 1 aromatic heterocycles. The maximum absolute atomic E-state index is 5.45. The van der Waals surface area contributed by atoms with Crippen LogP contribution in [-0.2, 0) is 6.54 Å². The number of hydrogen-bond donors (Lipinski definition) is 0. The van der Waals surface area contributed by atoms with E-state index < -0.39 is 0 Å². The van der Waals surface area contributed by atoms with E-state index in [1.54, 1.807) is 13.4 Å². The van der Waals surface area contributed by atoms with Gasteiger partial charge in [-0.3, -0.25) is 0 Å². The molecule has 0 bridgehead atoms. The average molecular weight is 326 g/mol. The van der Waals surface area contributed by atoms with Gasteiger partial charge in [-0.2, -0.15) is 0 Å². The van der Waals surface area contributed by atoms with E-state index in [0.29, 0.717) is 0 Å². The van der Waals surface area contributed by atoms with Crippen LogP contribution in [0.25, 0.3) is 0 Å². The predicted molar refractivity (Wildman–Crippen MR) is 98.1 cm³/mol. The lowest BCUT2D eigenvalue weighted by Crippen LogP contribution is -2.22. The molecule has 2 aromatic rings. The molecule has 1 saturated heterocycles. The fraction of sp³-hybridized carbons (Fsp3) is 0.474. The molecular formula is C19H26N4O. The molecule has 5 nitrogen and oxygen atoms in total. The quantitative estimate of drug-likeness (QED) is 0.843. The molecule has 0 spiro atoms. The average Bonchev–Trinajstić information content (AvgIpc) is 3.09. The summed E-state index contributed by atoms with van der Waals surface area (Å²) in [5.74, 6) is 2.96. The summed E-state index contributed by atoms with van der Waals surface area (Å²) in [6.45, 7) is 7.17. The van der Waals surface area contributed by atoms with Crippen LogP contribution >= 0.6 is 0 Å². The maximum atomic E-state index is 5.45. The topological polar surface area (TPSA) is 41.5 Å². The molecule has 1 fully saturated rings. The summed E-state index contributed by atoms with van der Waals surface area (Å²) in [5, 5.41) is 0. The van der Waals surface area contributed by atoms with Gasteiger partial charge in [-0.15, -0.1) is 0 Å². The Morgan fingerprint density at radius 3 is 2.38 bits per heavy atom. The van der Waals surface area contributed by atoms with Gasteiger partial charge >= 0.3 is 0 Å². The molecule has 0 unspecified atom stereocenters. The Morgan fingerprint density at radius 2 is 1.75 bits per heavy atom. The number of aryl methyl sites for hydroxylation is 2. The van der Waals surface area contributed by atoms with Gasteiger partial charge in [-0.25, -0.2) is 9.97 Å². The van der Waals surface area contributed by atoms with Gasteiger partial charge in [0.15, 0.2) is 0 Å². The minimum atomic E-state index is 0.808. The van der Waals surface area contributed by atoms with Crippen LogP contribution in [0, 0.1) is 13.8 Å². The van der Waals surface area contributed by atoms with Crippen molar-refractivity contribution in [3.05, 3.63) is 41.2 Å². The molecule has 1 aromatic carbocycles. The molecule has 3 rings (SSSR count). The SMILES string of the molecule is COc1c(C)cc(CN(C)c2cc(N3CCCC3)ncn2)cc1C. The zero-order valence-electron chi connectivity index (χ0n) is 15.0. The molecule has 0 N–H and O–H groups in total. The molecule has 2 heterocycles. The number of anilines is 2. The molecule has 1 aliphatic heterocycles. The molecule has 24 heavy (non-hydrogen) atoms. The Balaban J connectivity index is 1.77. The van der Waals surface area contributed by atoms with E-state index >= 15 is 0 Å². The van der Waals surface area contributed by atoms with Gasteiger partial charge in [0.2, 0.25) is 0 Å². The van der Waals surface area contributed by atoms with Gasteiger partial charge in [0, 0.05) is 32.7 Å². The van der Waals surface area contributed by atoms with Crippen LogP contribution in [-0.4, -0.2) is 37.2 Å². The molecule has 0 aliphatic carbocycles. The second-order valence-corrected chi connectivity index (χ2v) is 6.55. The van der Waals surface area contributed by atoms with Crippen molar-refractivity contribution in [2.75, 3.05) is 37.0 Å². The van der Waals surface area contributed by atoms with E-state index in [1.165, 1.54) is 29.5 Å². The fourth-order valence-electron chi connectivity index (χ4n) is 3.47. The van der Waals surface area contributed by atoms with Gasteiger partial charge in [0.1, 0.15) is 23.7 Å². The van der Waals surface area contributed by atoms with E-state index in [-0.39, 0.29) is 0 Å². The van der Waals surface area contributed by atoms with Crippen LogP contribution in [0.4, 0.5) is 11.6 Å². The van der Waals surface area contributed by atoms with Gasteiger partial charge in [0.05, 0.1) is 7.11 Å². The Kier molecular flexibility index (Phi) is 4.88. The highest BCUT2D eigenvalue weighted by Gasteiger charge is 2.15. The van der Waals surface area contributed by atoms with Gasteiger partial charge in [-0.05, 0) is 43.4 Å². The number of hydrogen-bond acceptors (Lipinski definition) is 5. The Labute approximate surface area is 144 Å². The third-order valence-electron chi connectivity index (χ3n) is 4.60. The smallest absolute Gasteiger partial charge is 0.134 e. The van der Waals surface area contributed by atoms with E-state index in [1.807, 2.05) is 0 Å². The van der Waals surface area contributed by atoms with E-state index in [2.05, 4.69) is 58.9 Å². The zero-order chi connectivity index (χ0) is 17.1. The molecule has 5 heteroatoms. The van der Waals surface area contributed by atoms with Crippen molar-refractivity contribution < 1.29 is 4.74 Å². The predicted octanol–water partition coefficient (Wildman–Crippen LogP) is 3.34. The Hall–Kier alpha value is -2.30. The van der Waals surface area contributed by atoms with Gasteiger partial charge in [-0.1, -0.05) is 12.1 Å². The summed E-state index contributed by atoms with van der Waals surface area (Å²) in [4.78, 5) is 13.4. The highest BCUT2D eigenvalue weighted by atomic mass is 16.5. The van der Waals surface area contributed by atoms with Crippen LogP contribution in [0.15, 0.2) is 24.5 Å². The van der Waals surface area contributed by atoms with Crippen molar-refractivity contribution in [3.8, 4) is 5.75 Å². The molecule has 1 aliphatic rings. The molecule has 0 atom stereocenters. The largest absolute Gasteiger partial charge is 0.496 e. The summed E-state index contributed by atoms with van der Waals surface area (Å²) in [5.41, 5.74) is 3.59. The molecule has 0 radical (unpaired) electrons. The normalized spacial score (nSPS) is 14.1. The van der Waals surface area contributed by atoms with Crippen molar-refractivity contribution in [1.29, 1.82) is 0 Å². The highest BCUT2D eigenvalue weighted by molar-refractivity contribution is 5.51. The first-order chi connectivity index (χ1) is 11.6. The lowest BCUT2D eigenvalue weighted by atomic mass is 10.1. The van der Waals surface area contributed by atoms with Crippen molar-refractivity contribution in [2.24, 2.45) is 0 Å². The van der Waals surface area contributed by atoms with Gasteiger partial charge in [0.25, 0.3) is 0 Å². The van der Waals surface area contributed by atoms with Crippen LogP contribution < -0.4 is 14.5 Å². The number of rotatable bonds is 5. The lowest BCUT2D eigenvalue weighted by Gasteiger charge is -2.22. The minimum absolute atomic E-state index is 0.808. The van der Waals surface area contributed by atoms with E-state index in [0.717, 1.165) is 37.0 Å². The second-order valence-electron chi connectivity index (χ2n) is 6.55. The number of benzene rings is 1. The first-order valence-electron chi connectivity index (χ1n) is 8.50.